The molecule has 1 aliphatic heterocycles. The lowest BCUT2D eigenvalue weighted by atomic mass is 10.0. The summed E-state index contributed by atoms with van der Waals surface area (Å²) in [5.74, 6) is 0.898. The summed E-state index contributed by atoms with van der Waals surface area (Å²) in [6.45, 7) is 8.81. The summed E-state index contributed by atoms with van der Waals surface area (Å²) in [6, 6.07) is 14.4. The lowest BCUT2D eigenvalue weighted by molar-refractivity contribution is 0.0917. The minimum atomic E-state index is -3.55. The molecule has 4 N–H and O–H groups in total. The molecule has 3 aromatic rings. The highest BCUT2D eigenvalue weighted by Gasteiger charge is 2.29. The van der Waals surface area contributed by atoms with Gasteiger partial charge >= 0.3 is 0 Å². The summed E-state index contributed by atoms with van der Waals surface area (Å²) in [5, 5.41) is 9.55. The van der Waals surface area contributed by atoms with Gasteiger partial charge in [-0.3, -0.25) is 9.52 Å². The molecule has 0 saturated carbocycles. The Morgan fingerprint density at radius 2 is 1.64 bits per heavy atom. The largest absolute Gasteiger partial charge is 0.349 e. The van der Waals surface area contributed by atoms with Gasteiger partial charge in [0.2, 0.25) is 16.0 Å². The molecular weight excluding hydrogens is 514 g/mol. The number of benzene rings is 2. The Hall–Kier alpha value is -3.70. The van der Waals surface area contributed by atoms with Crippen LogP contribution in [0.4, 0.5) is 28.8 Å². The molecule has 0 spiro atoms. The number of likely N-dealkylation sites (tertiary alicyclic amines) is 1. The van der Waals surface area contributed by atoms with Crippen molar-refractivity contribution < 1.29 is 13.2 Å². The van der Waals surface area contributed by atoms with Gasteiger partial charge in [0.05, 0.1) is 10.4 Å². The van der Waals surface area contributed by atoms with Crippen molar-refractivity contribution in [3.05, 3.63) is 65.9 Å². The fourth-order valence-corrected chi connectivity index (χ4v) is 4.73. The zero-order chi connectivity index (χ0) is 28.2. The van der Waals surface area contributed by atoms with Crippen LogP contribution in [0.15, 0.2) is 54.7 Å². The highest BCUT2D eigenvalue weighted by Crippen LogP contribution is 2.25. The number of anilines is 5. The van der Waals surface area contributed by atoms with Crippen molar-refractivity contribution >= 4 is 44.8 Å². The van der Waals surface area contributed by atoms with Gasteiger partial charge in [0.1, 0.15) is 5.82 Å². The van der Waals surface area contributed by atoms with Crippen LogP contribution in [-0.4, -0.2) is 60.1 Å². The number of sulfonamides is 1. The van der Waals surface area contributed by atoms with E-state index in [4.69, 9.17) is 0 Å². The van der Waals surface area contributed by atoms with E-state index in [2.05, 4.69) is 42.6 Å². The van der Waals surface area contributed by atoms with Gasteiger partial charge in [0, 0.05) is 34.7 Å². The quantitative estimate of drug-likeness (QED) is 0.319. The van der Waals surface area contributed by atoms with E-state index in [1.165, 1.54) is 0 Å². The molecular formula is C28H37N7O3S. The van der Waals surface area contributed by atoms with Crippen molar-refractivity contribution in [3.8, 4) is 0 Å². The van der Waals surface area contributed by atoms with Gasteiger partial charge in [-0.05, 0) is 103 Å². The van der Waals surface area contributed by atoms with Crippen molar-refractivity contribution in [3.63, 3.8) is 0 Å². The molecule has 0 radical (unpaired) electrons. The second-order valence-electron chi connectivity index (χ2n) is 10.9. The predicted octanol–water partition coefficient (Wildman–Crippen LogP) is 4.64. The third-order valence-corrected chi connectivity index (χ3v) is 8.73. The fraction of sp³-hybridized carbons (Fsp3) is 0.393. The van der Waals surface area contributed by atoms with Crippen LogP contribution in [-0.2, 0) is 10.0 Å². The van der Waals surface area contributed by atoms with Crippen LogP contribution in [0, 0.1) is 6.92 Å². The molecule has 39 heavy (non-hydrogen) atoms. The molecule has 2 heterocycles. The molecule has 1 amide bonds. The summed E-state index contributed by atoms with van der Waals surface area (Å²) in [4.78, 5) is 23.9. The number of carbonyl (C=O) groups excluding carboxylic acids is 1. The summed E-state index contributed by atoms with van der Waals surface area (Å²) in [5.41, 5.74) is 3.31. The highest BCUT2D eigenvalue weighted by atomic mass is 32.2. The number of hydrogen-bond acceptors (Lipinski definition) is 8. The number of carbonyl (C=O) groups is 1. The fourth-order valence-electron chi connectivity index (χ4n) is 3.99. The Labute approximate surface area is 230 Å². The lowest BCUT2D eigenvalue weighted by Crippen LogP contribution is -2.43. The number of nitrogens with one attached hydrogen (secondary N) is 4. The molecule has 1 aliphatic rings. The molecule has 1 fully saturated rings. The van der Waals surface area contributed by atoms with Crippen LogP contribution < -0.4 is 20.7 Å². The average Bonchev–Trinajstić information content (AvgIpc) is 2.87. The molecule has 0 unspecified atom stereocenters. The van der Waals surface area contributed by atoms with Crippen LogP contribution in [0.25, 0.3) is 0 Å². The van der Waals surface area contributed by atoms with E-state index in [1.54, 1.807) is 57.3 Å². The molecule has 1 aromatic heterocycles. The van der Waals surface area contributed by atoms with Crippen molar-refractivity contribution in [2.45, 2.75) is 51.3 Å². The average molecular weight is 552 g/mol. The van der Waals surface area contributed by atoms with E-state index in [-0.39, 0.29) is 11.9 Å². The first-order valence-corrected chi connectivity index (χ1v) is 14.5. The first kappa shape index (κ1) is 28.3. The van der Waals surface area contributed by atoms with E-state index in [0.717, 1.165) is 37.2 Å². The predicted molar refractivity (Wildman–Crippen MR) is 156 cm³/mol. The molecule has 2 aromatic carbocycles. The van der Waals surface area contributed by atoms with Gasteiger partial charge in [0.15, 0.2) is 0 Å². The minimum Gasteiger partial charge on any atom is -0.349 e. The summed E-state index contributed by atoms with van der Waals surface area (Å²) in [7, 11) is -1.45. The third-order valence-electron chi connectivity index (χ3n) is 6.61. The second-order valence-corrected chi connectivity index (χ2v) is 13.3. The van der Waals surface area contributed by atoms with E-state index >= 15 is 0 Å². The molecule has 0 atom stereocenters. The molecule has 0 bridgehead atoms. The number of nitrogens with zero attached hydrogens (tertiary/aromatic N) is 3. The summed E-state index contributed by atoms with van der Waals surface area (Å²) in [6.07, 6.45) is 3.62. The number of rotatable bonds is 8. The van der Waals surface area contributed by atoms with Gasteiger partial charge in [-0.2, -0.15) is 4.98 Å². The second kappa shape index (κ2) is 11.6. The number of piperidine rings is 1. The van der Waals surface area contributed by atoms with E-state index in [9.17, 15) is 13.2 Å². The van der Waals surface area contributed by atoms with Gasteiger partial charge in [-0.1, -0.05) is 6.07 Å². The first-order chi connectivity index (χ1) is 18.4. The summed E-state index contributed by atoms with van der Waals surface area (Å²) >= 11 is 0. The molecule has 10 nitrogen and oxygen atoms in total. The maximum Gasteiger partial charge on any atom is 0.251 e. The zero-order valence-electron chi connectivity index (χ0n) is 23.1. The van der Waals surface area contributed by atoms with Crippen LogP contribution in [0.2, 0.25) is 0 Å². The van der Waals surface area contributed by atoms with Crippen molar-refractivity contribution in [2.75, 3.05) is 35.5 Å². The Morgan fingerprint density at radius 3 is 2.31 bits per heavy atom. The molecule has 0 aliphatic carbocycles. The standard InChI is InChI=1S/C28H37N7O3S/c1-19-18-29-27(32-21-11-9-20(10-12-21)26(36)31-22-13-15-35(5)16-14-22)33-25(19)30-23-7-6-8-24(17-23)34-39(37,38)28(2,3)4/h6-12,17-18,22,34H,13-16H2,1-5H3,(H,31,36)(H2,29,30,32,33). The van der Waals surface area contributed by atoms with Crippen LogP contribution in [0.1, 0.15) is 49.5 Å². The molecule has 11 heteroatoms. The number of aromatic nitrogens is 2. The van der Waals surface area contributed by atoms with E-state index < -0.39 is 14.8 Å². The minimum absolute atomic E-state index is 0.0683. The maximum atomic E-state index is 12.7. The van der Waals surface area contributed by atoms with Crippen molar-refractivity contribution in [1.29, 1.82) is 0 Å². The normalized spacial score (nSPS) is 15.0. The van der Waals surface area contributed by atoms with Crippen LogP contribution in [0.3, 0.4) is 0 Å². The number of amides is 1. The van der Waals surface area contributed by atoms with E-state index in [0.29, 0.717) is 28.7 Å². The Kier molecular flexibility index (Phi) is 8.41. The molecule has 1 saturated heterocycles. The van der Waals surface area contributed by atoms with Gasteiger partial charge in [-0.15, -0.1) is 0 Å². The highest BCUT2D eigenvalue weighted by molar-refractivity contribution is 7.94. The SMILES string of the molecule is Cc1cnc(Nc2ccc(C(=O)NC3CCN(C)CC3)cc2)nc1Nc1cccc(NS(=O)(=O)C(C)(C)C)c1. The smallest absolute Gasteiger partial charge is 0.251 e. The number of aryl methyl sites for hydroxylation is 1. The molecule has 4 rings (SSSR count). The van der Waals surface area contributed by atoms with Gasteiger partial charge in [-0.25, -0.2) is 13.4 Å². The Morgan fingerprint density at radius 1 is 0.974 bits per heavy atom. The van der Waals surface area contributed by atoms with Gasteiger partial charge in [0.25, 0.3) is 5.91 Å². The van der Waals surface area contributed by atoms with Crippen molar-refractivity contribution in [1.82, 2.24) is 20.2 Å². The third kappa shape index (κ3) is 7.45. The molecule has 208 valence electrons. The van der Waals surface area contributed by atoms with Crippen molar-refractivity contribution in [2.24, 2.45) is 0 Å². The lowest BCUT2D eigenvalue weighted by Gasteiger charge is -2.29. The van der Waals surface area contributed by atoms with Crippen LogP contribution >= 0.6 is 0 Å². The zero-order valence-corrected chi connectivity index (χ0v) is 23.9. The topological polar surface area (TPSA) is 128 Å². The number of hydrogen-bond donors (Lipinski definition) is 4. The van der Waals surface area contributed by atoms with Crippen LogP contribution in [0.5, 0.6) is 0 Å². The monoisotopic (exact) mass is 551 g/mol. The summed E-state index contributed by atoms with van der Waals surface area (Å²) < 4.78 is 26.8. The van der Waals surface area contributed by atoms with E-state index in [1.807, 2.05) is 25.1 Å². The Balaban J connectivity index is 1.41. The van der Waals surface area contributed by atoms with Gasteiger partial charge < -0.3 is 20.9 Å². The maximum absolute atomic E-state index is 12.7. The Bertz CT molecular complexity index is 1410. The first-order valence-electron chi connectivity index (χ1n) is 13.0.